The van der Waals surface area contributed by atoms with Crippen molar-refractivity contribution in [1.29, 1.82) is 0 Å². The van der Waals surface area contributed by atoms with E-state index < -0.39 is 0 Å². The Morgan fingerprint density at radius 1 is 1.73 bits per heavy atom. The molecule has 1 saturated heterocycles. The van der Waals surface area contributed by atoms with E-state index in [9.17, 15) is 0 Å². The Kier molecular flexibility index (Phi) is 3.38. The molecule has 4 nitrogen and oxygen atoms in total. The Labute approximate surface area is 90.6 Å². The van der Waals surface area contributed by atoms with Gasteiger partial charge in [-0.05, 0) is 25.8 Å². The lowest BCUT2D eigenvalue weighted by atomic mass is 10.2. The summed E-state index contributed by atoms with van der Waals surface area (Å²) < 4.78 is 7.48. The summed E-state index contributed by atoms with van der Waals surface area (Å²) in [6.07, 6.45) is 4.62. The standard InChI is InChI=1S/C11H19N3O/c1-9(11-5-6-13-14(11)2)12-8-10-4-3-7-15-10/h5-6,9-10,12H,3-4,7-8H2,1-2H3. The van der Waals surface area contributed by atoms with Crippen LogP contribution in [0, 0.1) is 0 Å². The predicted octanol–water partition coefficient (Wildman–Crippen LogP) is 1.25. The number of nitrogens with zero attached hydrogens (tertiary/aromatic N) is 2. The highest BCUT2D eigenvalue weighted by Crippen LogP contribution is 2.14. The molecule has 2 heterocycles. The minimum atomic E-state index is 0.335. The Balaban J connectivity index is 1.81. The van der Waals surface area contributed by atoms with Gasteiger partial charge in [0.1, 0.15) is 0 Å². The third-order valence-electron chi connectivity index (χ3n) is 2.98. The summed E-state index contributed by atoms with van der Waals surface area (Å²) in [5.74, 6) is 0. The van der Waals surface area contributed by atoms with Crippen molar-refractivity contribution in [1.82, 2.24) is 15.1 Å². The first-order chi connectivity index (χ1) is 7.27. The summed E-state index contributed by atoms with van der Waals surface area (Å²) in [5, 5.41) is 7.64. The summed E-state index contributed by atoms with van der Waals surface area (Å²) in [7, 11) is 1.97. The summed E-state index contributed by atoms with van der Waals surface area (Å²) in [5.41, 5.74) is 1.22. The van der Waals surface area contributed by atoms with Crippen LogP contribution in [0.5, 0.6) is 0 Å². The van der Waals surface area contributed by atoms with Gasteiger partial charge < -0.3 is 10.1 Å². The second-order valence-corrected chi connectivity index (χ2v) is 4.14. The maximum Gasteiger partial charge on any atom is 0.0700 e. The first-order valence-corrected chi connectivity index (χ1v) is 5.60. The van der Waals surface area contributed by atoms with Crippen molar-refractivity contribution in [2.24, 2.45) is 7.05 Å². The van der Waals surface area contributed by atoms with Gasteiger partial charge in [0.25, 0.3) is 0 Å². The average Bonchev–Trinajstić information content (AvgIpc) is 2.84. The largest absolute Gasteiger partial charge is 0.377 e. The van der Waals surface area contributed by atoms with E-state index >= 15 is 0 Å². The SMILES string of the molecule is CC(NCC1CCCO1)c1ccnn1C. The maximum atomic E-state index is 5.57. The smallest absolute Gasteiger partial charge is 0.0700 e. The van der Waals surface area contributed by atoms with Crippen molar-refractivity contribution in [3.63, 3.8) is 0 Å². The third-order valence-corrected chi connectivity index (χ3v) is 2.98. The normalized spacial score (nSPS) is 23.2. The second kappa shape index (κ2) is 4.77. The first kappa shape index (κ1) is 10.6. The lowest BCUT2D eigenvalue weighted by Gasteiger charge is -2.17. The van der Waals surface area contributed by atoms with Crippen LogP contribution in [-0.4, -0.2) is 29.0 Å². The van der Waals surface area contributed by atoms with Crippen LogP contribution in [0.15, 0.2) is 12.3 Å². The lowest BCUT2D eigenvalue weighted by molar-refractivity contribution is 0.107. The molecule has 1 fully saturated rings. The van der Waals surface area contributed by atoms with Crippen LogP contribution in [0.25, 0.3) is 0 Å². The van der Waals surface area contributed by atoms with Crippen molar-refractivity contribution in [3.05, 3.63) is 18.0 Å². The summed E-state index contributed by atoms with van der Waals surface area (Å²) in [6, 6.07) is 2.38. The molecule has 1 aromatic heterocycles. The van der Waals surface area contributed by atoms with Gasteiger partial charge in [-0.3, -0.25) is 4.68 Å². The molecule has 1 aromatic rings. The fraction of sp³-hybridized carbons (Fsp3) is 0.727. The van der Waals surface area contributed by atoms with Gasteiger partial charge in [-0.2, -0.15) is 5.10 Å². The quantitative estimate of drug-likeness (QED) is 0.811. The van der Waals surface area contributed by atoms with Gasteiger partial charge in [0.15, 0.2) is 0 Å². The van der Waals surface area contributed by atoms with E-state index in [1.807, 2.05) is 24.0 Å². The second-order valence-electron chi connectivity index (χ2n) is 4.14. The van der Waals surface area contributed by atoms with E-state index in [0.29, 0.717) is 12.1 Å². The van der Waals surface area contributed by atoms with E-state index in [-0.39, 0.29) is 0 Å². The molecular formula is C11H19N3O. The monoisotopic (exact) mass is 209 g/mol. The van der Waals surface area contributed by atoms with Crippen LogP contribution in [0.4, 0.5) is 0 Å². The molecule has 0 amide bonds. The number of hydrogen-bond donors (Lipinski definition) is 1. The van der Waals surface area contributed by atoms with E-state index in [0.717, 1.165) is 13.2 Å². The number of aromatic nitrogens is 2. The Hall–Kier alpha value is -0.870. The third kappa shape index (κ3) is 2.58. The topological polar surface area (TPSA) is 39.1 Å². The van der Waals surface area contributed by atoms with Crippen LogP contribution in [0.1, 0.15) is 31.5 Å². The van der Waals surface area contributed by atoms with Crippen LogP contribution in [-0.2, 0) is 11.8 Å². The zero-order valence-electron chi connectivity index (χ0n) is 9.44. The molecule has 1 N–H and O–H groups in total. The highest BCUT2D eigenvalue weighted by Gasteiger charge is 2.17. The van der Waals surface area contributed by atoms with Crippen LogP contribution in [0.3, 0.4) is 0 Å². The molecule has 0 bridgehead atoms. The number of ether oxygens (including phenoxy) is 1. The molecule has 84 valence electrons. The molecule has 0 radical (unpaired) electrons. The summed E-state index contributed by atoms with van der Waals surface area (Å²) >= 11 is 0. The molecular weight excluding hydrogens is 190 g/mol. The van der Waals surface area contributed by atoms with Crippen molar-refractivity contribution in [2.75, 3.05) is 13.2 Å². The Morgan fingerprint density at radius 2 is 2.60 bits per heavy atom. The van der Waals surface area contributed by atoms with Gasteiger partial charge in [-0.25, -0.2) is 0 Å². The molecule has 0 aromatic carbocycles. The van der Waals surface area contributed by atoms with Crippen molar-refractivity contribution in [3.8, 4) is 0 Å². The number of hydrogen-bond acceptors (Lipinski definition) is 3. The fourth-order valence-electron chi connectivity index (χ4n) is 2.03. The van der Waals surface area contributed by atoms with Crippen molar-refractivity contribution < 1.29 is 4.74 Å². The van der Waals surface area contributed by atoms with Crippen LogP contribution in [0.2, 0.25) is 0 Å². The molecule has 2 rings (SSSR count). The maximum absolute atomic E-state index is 5.57. The molecule has 2 atom stereocenters. The Bertz CT molecular complexity index is 305. The summed E-state index contributed by atoms with van der Waals surface area (Å²) in [6.45, 7) is 4.02. The van der Waals surface area contributed by atoms with Crippen molar-refractivity contribution >= 4 is 0 Å². The average molecular weight is 209 g/mol. The molecule has 15 heavy (non-hydrogen) atoms. The zero-order chi connectivity index (χ0) is 10.7. The van der Waals surface area contributed by atoms with Gasteiger partial charge >= 0.3 is 0 Å². The van der Waals surface area contributed by atoms with Gasteiger partial charge in [0.05, 0.1) is 11.8 Å². The molecule has 1 aliphatic heterocycles. The van der Waals surface area contributed by atoms with Crippen molar-refractivity contribution in [2.45, 2.75) is 31.9 Å². The highest BCUT2D eigenvalue weighted by atomic mass is 16.5. The molecule has 0 spiro atoms. The first-order valence-electron chi connectivity index (χ1n) is 5.60. The van der Waals surface area contributed by atoms with Crippen LogP contribution >= 0.6 is 0 Å². The molecule has 1 aliphatic rings. The number of nitrogens with one attached hydrogen (secondary N) is 1. The number of aryl methyl sites for hydroxylation is 1. The van der Waals surface area contributed by atoms with E-state index in [2.05, 4.69) is 17.3 Å². The number of rotatable bonds is 4. The van der Waals surface area contributed by atoms with E-state index in [1.165, 1.54) is 18.5 Å². The van der Waals surface area contributed by atoms with E-state index in [1.54, 1.807) is 0 Å². The van der Waals surface area contributed by atoms with E-state index in [4.69, 9.17) is 4.74 Å². The molecule has 0 saturated carbocycles. The van der Waals surface area contributed by atoms with Gasteiger partial charge in [0, 0.05) is 32.4 Å². The highest BCUT2D eigenvalue weighted by molar-refractivity contribution is 5.05. The zero-order valence-corrected chi connectivity index (χ0v) is 9.44. The fourth-order valence-corrected chi connectivity index (χ4v) is 2.03. The summed E-state index contributed by atoms with van der Waals surface area (Å²) in [4.78, 5) is 0. The molecule has 2 unspecified atom stereocenters. The van der Waals surface area contributed by atoms with Crippen LogP contribution < -0.4 is 5.32 Å². The molecule has 4 heteroatoms. The molecule has 0 aliphatic carbocycles. The Morgan fingerprint density at radius 3 is 3.20 bits per heavy atom. The lowest BCUT2D eigenvalue weighted by Crippen LogP contribution is -2.29. The van der Waals surface area contributed by atoms with Gasteiger partial charge in [-0.15, -0.1) is 0 Å². The minimum Gasteiger partial charge on any atom is -0.377 e. The predicted molar refractivity (Wildman–Crippen MR) is 58.6 cm³/mol. The van der Waals surface area contributed by atoms with Gasteiger partial charge in [-0.1, -0.05) is 0 Å². The van der Waals surface area contributed by atoms with Gasteiger partial charge in [0.2, 0.25) is 0 Å². The minimum absolute atomic E-state index is 0.335.